The third-order valence-corrected chi connectivity index (χ3v) is 3.84. The summed E-state index contributed by atoms with van der Waals surface area (Å²) < 4.78 is 8.69. The molecule has 0 saturated heterocycles. The second-order valence-corrected chi connectivity index (χ2v) is 6.08. The molecule has 0 aliphatic carbocycles. The van der Waals surface area contributed by atoms with E-state index in [1.807, 2.05) is 48.0 Å². The molecule has 1 atom stereocenters. The second kappa shape index (κ2) is 8.79. The number of para-hydroxylation sites is 1. The first-order valence-electron chi connectivity index (χ1n) is 8.64. The van der Waals surface area contributed by atoms with Gasteiger partial charge in [0.15, 0.2) is 0 Å². The second-order valence-electron chi connectivity index (χ2n) is 6.08. The van der Waals surface area contributed by atoms with Gasteiger partial charge in [-0.3, -0.25) is 9.59 Å². The monoisotopic (exact) mass is 367 g/mol. The first kappa shape index (κ1) is 18.4. The number of ether oxygens (including phenoxy) is 1. The predicted molar refractivity (Wildman–Crippen MR) is 99.6 cm³/mol. The molecule has 8 nitrogen and oxygen atoms in total. The fourth-order valence-corrected chi connectivity index (χ4v) is 2.55. The minimum atomic E-state index is -0.333. The van der Waals surface area contributed by atoms with Gasteiger partial charge in [0.05, 0.1) is 12.9 Å². The van der Waals surface area contributed by atoms with Crippen molar-refractivity contribution in [1.82, 2.24) is 24.6 Å². The van der Waals surface area contributed by atoms with E-state index in [2.05, 4.69) is 15.4 Å². The Morgan fingerprint density at radius 3 is 2.78 bits per heavy atom. The van der Waals surface area contributed by atoms with Crippen LogP contribution in [-0.2, 0) is 13.1 Å². The molecule has 1 aromatic carbocycles. The summed E-state index contributed by atoms with van der Waals surface area (Å²) in [6.45, 7) is 3.01. The van der Waals surface area contributed by atoms with E-state index in [0.29, 0.717) is 12.3 Å². The van der Waals surface area contributed by atoms with E-state index in [9.17, 15) is 9.59 Å². The van der Waals surface area contributed by atoms with E-state index in [1.54, 1.807) is 12.5 Å². The zero-order valence-corrected chi connectivity index (χ0v) is 15.0. The molecule has 0 radical (unpaired) electrons. The maximum Gasteiger partial charge on any atom is 0.271 e. The lowest BCUT2D eigenvalue weighted by molar-refractivity contribution is 0.0928. The Balaban J connectivity index is 1.58. The maximum absolute atomic E-state index is 12.4. The van der Waals surface area contributed by atoms with Gasteiger partial charge in [0.2, 0.25) is 0 Å². The fourth-order valence-electron chi connectivity index (χ4n) is 2.55. The maximum atomic E-state index is 12.4. The van der Waals surface area contributed by atoms with Crippen LogP contribution in [0.25, 0.3) is 0 Å². The van der Waals surface area contributed by atoms with Gasteiger partial charge in [-0.1, -0.05) is 18.2 Å². The van der Waals surface area contributed by atoms with E-state index in [1.165, 1.54) is 16.8 Å². The molecule has 0 saturated carbocycles. The van der Waals surface area contributed by atoms with Gasteiger partial charge in [-0.15, -0.1) is 0 Å². The Bertz CT molecular complexity index is 922. The molecule has 0 aliphatic rings. The lowest BCUT2D eigenvalue weighted by Crippen LogP contribution is -2.37. The number of amides is 1. The summed E-state index contributed by atoms with van der Waals surface area (Å²) in [5.41, 5.74) is -0.0959. The van der Waals surface area contributed by atoms with Crippen molar-refractivity contribution in [1.29, 1.82) is 0 Å². The molecule has 3 rings (SSSR count). The van der Waals surface area contributed by atoms with Gasteiger partial charge in [0, 0.05) is 31.0 Å². The SMILES string of the molecule is CC(Cn1ccnc1)NC(=O)c1ccc(=O)n(CCOc2ccccc2)n1. The molecule has 1 unspecified atom stereocenters. The summed E-state index contributed by atoms with van der Waals surface area (Å²) in [4.78, 5) is 28.3. The van der Waals surface area contributed by atoms with Crippen molar-refractivity contribution in [2.24, 2.45) is 0 Å². The highest BCUT2D eigenvalue weighted by Gasteiger charge is 2.13. The Morgan fingerprint density at radius 2 is 2.04 bits per heavy atom. The molecule has 0 aliphatic heterocycles. The van der Waals surface area contributed by atoms with Gasteiger partial charge < -0.3 is 14.6 Å². The highest BCUT2D eigenvalue weighted by atomic mass is 16.5. The van der Waals surface area contributed by atoms with Crippen molar-refractivity contribution < 1.29 is 9.53 Å². The zero-order chi connectivity index (χ0) is 19.1. The molecule has 0 bridgehead atoms. The third kappa shape index (κ3) is 5.27. The molecular formula is C19H21N5O3. The summed E-state index contributed by atoms with van der Waals surface area (Å²) >= 11 is 0. The number of hydrogen-bond acceptors (Lipinski definition) is 5. The summed E-state index contributed by atoms with van der Waals surface area (Å²) in [6.07, 6.45) is 5.20. The molecule has 3 aromatic rings. The van der Waals surface area contributed by atoms with Crippen molar-refractivity contribution in [3.63, 3.8) is 0 Å². The Labute approximate surface area is 156 Å². The lowest BCUT2D eigenvalue weighted by Gasteiger charge is -2.14. The van der Waals surface area contributed by atoms with Crippen LogP contribution in [0.4, 0.5) is 0 Å². The quantitative estimate of drug-likeness (QED) is 0.649. The van der Waals surface area contributed by atoms with Crippen LogP contribution in [0.3, 0.4) is 0 Å². The molecule has 1 amide bonds. The molecule has 0 spiro atoms. The van der Waals surface area contributed by atoms with Crippen LogP contribution in [0.2, 0.25) is 0 Å². The Hall–Kier alpha value is -3.42. The van der Waals surface area contributed by atoms with E-state index in [-0.39, 0.29) is 36.4 Å². The number of aromatic nitrogens is 4. The van der Waals surface area contributed by atoms with E-state index in [4.69, 9.17) is 4.74 Å². The van der Waals surface area contributed by atoms with Crippen LogP contribution < -0.4 is 15.6 Å². The number of hydrogen-bond donors (Lipinski definition) is 1. The minimum Gasteiger partial charge on any atom is -0.492 e. The van der Waals surface area contributed by atoms with Gasteiger partial charge >= 0.3 is 0 Å². The number of rotatable bonds is 8. The van der Waals surface area contributed by atoms with Gasteiger partial charge in [-0.05, 0) is 25.1 Å². The van der Waals surface area contributed by atoms with E-state index >= 15 is 0 Å². The Kier molecular flexibility index (Phi) is 5.98. The predicted octanol–water partition coefficient (Wildman–Crippen LogP) is 1.34. The summed E-state index contributed by atoms with van der Waals surface area (Å²) in [5, 5.41) is 7.01. The number of carbonyl (C=O) groups is 1. The van der Waals surface area contributed by atoms with Crippen LogP contribution in [0.15, 0.2) is 66.0 Å². The molecule has 2 aromatic heterocycles. The fraction of sp³-hybridized carbons (Fsp3) is 0.263. The largest absolute Gasteiger partial charge is 0.492 e. The summed E-state index contributed by atoms with van der Waals surface area (Å²) in [6, 6.07) is 12.0. The highest BCUT2D eigenvalue weighted by molar-refractivity contribution is 5.92. The van der Waals surface area contributed by atoms with Crippen LogP contribution in [0.1, 0.15) is 17.4 Å². The average Bonchev–Trinajstić information content (AvgIpc) is 3.17. The van der Waals surface area contributed by atoms with Crippen molar-refractivity contribution in [3.05, 3.63) is 77.2 Å². The van der Waals surface area contributed by atoms with Crippen LogP contribution in [-0.4, -0.2) is 37.9 Å². The molecule has 1 N–H and O–H groups in total. The van der Waals surface area contributed by atoms with Crippen LogP contribution in [0.5, 0.6) is 5.75 Å². The van der Waals surface area contributed by atoms with Gasteiger partial charge in [-0.25, -0.2) is 9.67 Å². The van der Waals surface area contributed by atoms with Gasteiger partial charge in [-0.2, -0.15) is 5.10 Å². The molecule has 0 fully saturated rings. The van der Waals surface area contributed by atoms with Crippen molar-refractivity contribution >= 4 is 5.91 Å². The van der Waals surface area contributed by atoms with Crippen molar-refractivity contribution in [3.8, 4) is 5.75 Å². The molecular weight excluding hydrogens is 346 g/mol. The van der Waals surface area contributed by atoms with E-state index < -0.39 is 0 Å². The first-order chi connectivity index (χ1) is 13.1. The smallest absolute Gasteiger partial charge is 0.271 e. The number of imidazole rings is 1. The third-order valence-electron chi connectivity index (χ3n) is 3.84. The van der Waals surface area contributed by atoms with Gasteiger partial charge in [0.25, 0.3) is 11.5 Å². The number of carbonyl (C=O) groups excluding carboxylic acids is 1. The topological polar surface area (TPSA) is 91.0 Å². The number of nitrogens with one attached hydrogen (secondary N) is 1. The van der Waals surface area contributed by atoms with Crippen LogP contribution >= 0.6 is 0 Å². The average molecular weight is 367 g/mol. The van der Waals surface area contributed by atoms with Gasteiger partial charge in [0.1, 0.15) is 18.1 Å². The van der Waals surface area contributed by atoms with E-state index in [0.717, 1.165) is 0 Å². The standard InChI is InChI=1S/C19H21N5O3/c1-15(13-23-10-9-20-14-23)21-19(26)17-7-8-18(25)24(22-17)11-12-27-16-5-3-2-4-6-16/h2-10,14-15H,11-13H2,1H3,(H,21,26). The summed E-state index contributed by atoms with van der Waals surface area (Å²) in [5.74, 6) is 0.383. The normalized spacial score (nSPS) is 11.7. The van der Waals surface area contributed by atoms with Crippen molar-refractivity contribution in [2.45, 2.75) is 26.1 Å². The minimum absolute atomic E-state index is 0.115. The molecule has 2 heterocycles. The molecule has 27 heavy (non-hydrogen) atoms. The number of nitrogens with zero attached hydrogens (tertiary/aromatic N) is 4. The highest BCUT2D eigenvalue weighted by Crippen LogP contribution is 2.07. The first-order valence-corrected chi connectivity index (χ1v) is 8.64. The van der Waals surface area contributed by atoms with Crippen molar-refractivity contribution in [2.75, 3.05) is 6.61 Å². The Morgan fingerprint density at radius 1 is 1.22 bits per heavy atom. The lowest BCUT2D eigenvalue weighted by atomic mass is 10.3. The molecule has 140 valence electrons. The molecule has 8 heteroatoms. The van der Waals surface area contributed by atoms with Crippen LogP contribution in [0, 0.1) is 0 Å². The zero-order valence-electron chi connectivity index (χ0n) is 15.0. The summed E-state index contributed by atoms with van der Waals surface area (Å²) in [7, 11) is 0. The number of benzene rings is 1.